The van der Waals surface area contributed by atoms with Crippen molar-refractivity contribution in [1.29, 1.82) is 5.26 Å². The van der Waals surface area contributed by atoms with Crippen molar-refractivity contribution in [2.75, 3.05) is 31.1 Å². The molecule has 0 N–H and O–H groups in total. The molecule has 1 amide bonds. The third-order valence-corrected chi connectivity index (χ3v) is 4.51. The molecule has 0 aliphatic carbocycles. The van der Waals surface area contributed by atoms with Gasteiger partial charge in [-0.3, -0.25) is 4.79 Å². The lowest BCUT2D eigenvalue weighted by Gasteiger charge is -2.37. The summed E-state index contributed by atoms with van der Waals surface area (Å²) in [6.07, 6.45) is 0. The summed E-state index contributed by atoms with van der Waals surface area (Å²) < 4.78 is 0. The first-order chi connectivity index (χ1) is 11.6. The smallest absolute Gasteiger partial charge is 0.254 e. The summed E-state index contributed by atoms with van der Waals surface area (Å²) in [4.78, 5) is 16.8. The number of amides is 1. The molecule has 1 aliphatic heterocycles. The summed E-state index contributed by atoms with van der Waals surface area (Å²) in [6, 6.07) is 15.5. The second-order valence-corrected chi connectivity index (χ2v) is 6.26. The largest absolute Gasteiger partial charge is 0.368 e. The molecule has 24 heavy (non-hydrogen) atoms. The molecular formula is C20H21N3O. The predicted octanol–water partition coefficient (Wildman–Crippen LogP) is 3.14. The number of carbonyl (C=O) groups excluding carboxylic acids is 1. The van der Waals surface area contributed by atoms with Crippen LogP contribution >= 0.6 is 0 Å². The average molecular weight is 319 g/mol. The molecule has 0 atom stereocenters. The minimum Gasteiger partial charge on any atom is -0.368 e. The number of rotatable bonds is 2. The van der Waals surface area contributed by atoms with Crippen LogP contribution < -0.4 is 4.90 Å². The number of hydrogen-bond acceptors (Lipinski definition) is 3. The van der Waals surface area contributed by atoms with Gasteiger partial charge in [0.15, 0.2) is 0 Å². The molecule has 4 heteroatoms. The third-order valence-electron chi connectivity index (χ3n) is 4.51. The van der Waals surface area contributed by atoms with Gasteiger partial charge in [0.1, 0.15) is 0 Å². The van der Waals surface area contributed by atoms with Gasteiger partial charge in [-0.25, -0.2) is 0 Å². The first-order valence-corrected chi connectivity index (χ1v) is 8.20. The molecule has 1 saturated heterocycles. The van der Waals surface area contributed by atoms with Crippen molar-refractivity contribution >= 4 is 11.6 Å². The van der Waals surface area contributed by atoms with E-state index in [1.54, 1.807) is 24.3 Å². The van der Waals surface area contributed by atoms with Crippen LogP contribution in [0.5, 0.6) is 0 Å². The van der Waals surface area contributed by atoms with Gasteiger partial charge in [0.05, 0.1) is 11.6 Å². The van der Waals surface area contributed by atoms with Gasteiger partial charge in [-0.2, -0.15) is 5.26 Å². The van der Waals surface area contributed by atoms with Crippen LogP contribution in [0, 0.1) is 25.2 Å². The van der Waals surface area contributed by atoms with Crippen LogP contribution in [0.15, 0.2) is 42.5 Å². The van der Waals surface area contributed by atoms with Crippen LogP contribution in [-0.4, -0.2) is 37.0 Å². The normalized spacial score (nSPS) is 14.4. The highest BCUT2D eigenvalue weighted by atomic mass is 16.2. The number of hydrogen-bond donors (Lipinski definition) is 0. The maximum absolute atomic E-state index is 12.6. The van der Waals surface area contributed by atoms with Crippen molar-refractivity contribution < 1.29 is 4.79 Å². The van der Waals surface area contributed by atoms with Gasteiger partial charge in [-0.1, -0.05) is 18.2 Å². The van der Waals surface area contributed by atoms with E-state index in [9.17, 15) is 4.79 Å². The van der Waals surface area contributed by atoms with Gasteiger partial charge in [0.25, 0.3) is 5.91 Å². The molecule has 3 rings (SSSR count). The number of benzene rings is 2. The van der Waals surface area contributed by atoms with Crippen LogP contribution in [-0.2, 0) is 0 Å². The van der Waals surface area contributed by atoms with E-state index in [1.807, 2.05) is 4.90 Å². The molecule has 2 aromatic rings. The quantitative estimate of drug-likeness (QED) is 0.854. The van der Waals surface area contributed by atoms with Crippen molar-refractivity contribution in [3.8, 4) is 6.07 Å². The molecule has 1 heterocycles. The average Bonchev–Trinajstić information content (AvgIpc) is 2.63. The topological polar surface area (TPSA) is 47.3 Å². The van der Waals surface area contributed by atoms with E-state index < -0.39 is 0 Å². The van der Waals surface area contributed by atoms with Crippen LogP contribution in [0.3, 0.4) is 0 Å². The Bertz CT molecular complexity index is 799. The van der Waals surface area contributed by atoms with Gasteiger partial charge < -0.3 is 9.80 Å². The zero-order chi connectivity index (χ0) is 17.1. The highest BCUT2D eigenvalue weighted by Gasteiger charge is 2.23. The van der Waals surface area contributed by atoms with Gasteiger partial charge in [0.2, 0.25) is 0 Å². The first-order valence-electron chi connectivity index (χ1n) is 8.20. The summed E-state index contributed by atoms with van der Waals surface area (Å²) >= 11 is 0. The maximum Gasteiger partial charge on any atom is 0.254 e. The molecular weight excluding hydrogens is 298 g/mol. The number of carbonyl (C=O) groups is 1. The van der Waals surface area contributed by atoms with E-state index >= 15 is 0 Å². The van der Waals surface area contributed by atoms with Gasteiger partial charge in [-0.15, -0.1) is 0 Å². The van der Waals surface area contributed by atoms with Gasteiger partial charge in [-0.05, 0) is 49.2 Å². The lowest BCUT2D eigenvalue weighted by Crippen LogP contribution is -2.49. The van der Waals surface area contributed by atoms with Crippen molar-refractivity contribution in [3.63, 3.8) is 0 Å². The number of aryl methyl sites for hydroxylation is 2. The third kappa shape index (κ3) is 3.26. The maximum atomic E-state index is 12.6. The molecule has 0 saturated carbocycles. The fourth-order valence-corrected chi connectivity index (χ4v) is 3.11. The monoisotopic (exact) mass is 319 g/mol. The van der Waals surface area contributed by atoms with E-state index in [-0.39, 0.29) is 5.91 Å². The number of piperazine rings is 1. The van der Waals surface area contributed by atoms with Crippen LogP contribution in [0.4, 0.5) is 5.69 Å². The number of nitrogens with zero attached hydrogens (tertiary/aromatic N) is 3. The fraction of sp³-hybridized carbons (Fsp3) is 0.300. The Morgan fingerprint density at radius 1 is 1.04 bits per heavy atom. The van der Waals surface area contributed by atoms with Gasteiger partial charge >= 0.3 is 0 Å². The number of nitriles is 1. The Balaban J connectivity index is 1.69. The molecule has 0 radical (unpaired) electrons. The van der Waals surface area contributed by atoms with Crippen molar-refractivity contribution in [2.24, 2.45) is 0 Å². The molecule has 2 aromatic carbocycles. The molecule has 0 bridgehead atoms. The zero-order valence-electron chi connectivity index (χ0n) is 14.1. The van der Waals surface area contributed by atoms with Crippen LogP contribution in [0.1, 0.15) is 27.0 Å². The van der Waals surface area contributed by atoms with E-state index in [0.717, 1.165) is 13.1 Å². The Morgan fingerprint density at radius 3 is 2.50 bits per heavy atom. The van der Waals surface area contributed by atoms with Crippen LogP contribution in [0.2, 0.25) is 0 Å². The molecule has 0 unspecified atom stereocenters. The highest BCUT2D eigenvalue weighted by molar-refractivity contribution is 5.94. The molecule has 1 fully saturated rings. The summed E-state index contributed by atoms with van der Waals surface area (Å²) in [7, 11) is 0. The van der Waals surface area contributed by atoms with E-state index in [2.05, 4.69) is 43.0 Å². The molecule has 0 spiro atoms. The Hall–Kier alpha value is -2.80. The second kappa shape index (κ2) is 6.76. The summed E-state index contributed by atoms with van der Waals surface area (Å²) in [5.74, 6) is 0.00714. The Kier molecular flexibility index (Phi) is 4.52. The Labute approximate surface area is 142 Å². The Morgan fingerprint density at radius 2 is 1.79 bits per heavy atom. The molecule has 4 nitrogen and oxygen atoms in total. The molecule has 1 aliphatic rings. The van der Waals surface area contributed by atoms with Crippen molar-refractivity contribution in [1.82, 2.24) is 4.90 Å². The summed E-state index contributed by atoms with van der Waals surface area (Å²) in [5.41, 5.74) is 4.89. The summed E-state index contributed by atoms with van der Waals surface area (Å²) in [6.45, 7) is 7.28. The van der Waals surface area contributed by atoms with Crippen molar-refractivity contribution in [2.45, 2.75) is 13.8 Å². The first kappa shape index (κ1) is 16.1. The van der Waals surface area contributed by atoms with E-state index in [1.165, 1.54) is 16.8 Å². The van der Waals surface area contributed by atoms with Gasteiger partial charge in [0, 0.05) is 37.4 Å². The zero-order valence-corrected chi connectivity index (χ0v) is 14.1. The predicted molar refractivity (Wildman–Crippen MR) is 95.2 cm³/mol. The lowest BCUT2D eigenvalue weighted by molar-refractivity contribution is 0.0746. The van der Waals surface area contributed by atoms with Crippen molar-refractivity contribution in [3.05, 3.63) is 64.7 Å². The summed E-state index contributed by atoms with van der Waals surface area (Å²) in [5, 5.41) is 8.98. The minimum absolute atomic E-state index is 0.00714. The fourth-order valence-electron chi connectivity index (χ4n) is 3.11. The van der Waals surface area contributed by atoms with E-state index in [4.69, 9.17) is 5.26 Å². The minimum atomic E-state index is 0.00714. The van der Waals surface area contributed by atoms with Crippen LogP contribution in [0.25, 0.3) is 0 Å². The highest BCUT2D eigenvalue weighted by Crippen LogP contribution is 2.23. The molecule has 0 aromatic heterocycles. The SMILES string of the molecule is Cc1ccc(C)c(N2CCN(C(=O)c3cccc(C#N)c3)CC2)c1. The number of anilines is 1. The standard InChI is InChI=1S/C20H21N3O/c1-15-6-7-16(2)19(12-15)22-8-10-23(11-9-22)20(24)18-5-3-4-17(13-18)14-21/h3-7,12-13H,8-11H2,1-2H3. The lowest BCUT2D eigenvalue weighted by atomic mass is 10.1. The molecule has 122 valence electrons. The van der Waals surface area contributed by atoms with E-state index in [0.29, 0.717) is 24.2 Å². The second-order valence-electron chi connectivity index (χ2n) is 6.26.